The smallest absolute Gasteiger partial charge is 0.237 e. The number of carbonyl (C=O) groups excluding carboxylic acids is 1. The zero-order chi connectivity index (χ0) is 9.60. The first kappa shape index (κ1) is 8.00. The highest BCUT2D eigenvalue weighted by molar-refractivity contribution is 6.06. The van der Waals surface area contributed by atoms with Crippen molar-refractivity contribution >= 4 is 11.6 Å². The summed E-state index contributed by atoms with van der Waals surface area (Å²) in [4.78, 5) is 11.9. The van der Waals surface area contributed by atoms with Gasteiger partial charge in [-0.2, -0.15) is 0 Å². The van der Waals surface area contributed by atoms with Crippen molar-refractivity contribution in [3.05, 3.63) is 29.8 Å². The minimum Gasteiger partial charge on any atom is -0.380 e. The van der Waals surface area contributed by atoms with Crippen LogP contribution in [0.1, 0.15) is 12.0 Å². The normalized spacial score (nSPS) is 29.3. The van der Waals surface area contributed by atoms with Crippen LogP contribution < -0.4 is 5.32 Å². The van der Waals surface area contributed by atoms with Crippen molar-refractivity contribution in [2.24, 2.45) is 0 Å². The predicted molar refractivity (Wildman–Crippen MR) is 52.2 cm³/mol. The van der Waals surface area contributed by atoms with E-state index in [0.29, 0.717) is 13.2 Å². The molecule has 2 aliphatic heterocycles. The summed E-state index contributed by atoms with van der Waals surface area (Å²) < 4.78 is 5.35. The van der Waals surface area contributed by atoms with Gasteiger partial charge in [0.1, 0.15) is 5.41 Å². The molecule has 1 unspecified atom stereocenters. The molecule has 3 heteroatoms. The Hall–Kier alpha value is -1.35. The third kappa shape index (κ3) is 0.826. The number of ether oxygens (including phenoxy) is 1. The van der Waals surface area contributed by atoms with Crippen LogP contribution in [0.2, 0.25) is 0 Å². The Morgan fingerprint density at radius 2 is 2.21 bits per heavy atom. The molecule has 1 fully saturated rings. The van der Waals surface area contributed by atoms with Crippen LogP contribution in [-0.4, -0.2) is 19.1 Å². The molecule has 1 amide bonds. The van der Waals surface area contributed by atoms with Crippen LogP contribution in [0.25, 0.3) is 0 Å². The van der Waals surface area contributed by atoms with Crippen molar-refractivity contribution in [1.29, 1.82) is 0 Å². The second kappa shape index (κ2) is 2.58. The van der Waals surface area contributed by atoms with Crippen molar-refractivity contribution in [3.63, 3.8) is 0 Å². The number of para-hydroxylation sites is 1. The number of hydrogen-bond donors (Lipinski definition) is 1. The van der Waals surface area contributed by atoms with Crippen molar-refractivity contribution in [3.8, 4) is 0 Å². The lowest BCUT2D eigenvalue weighted by Crippen LogP contribution is -2.34. The molecular formula is C11H11NO2. The van der Waals surface area contributed by atoms with E-state index in [1.165, 1.54) is 0 Å². The molecule has 1 spiro atoms. The van der Waals surface area contributed by atoms with Gasteiger partial charge in [0.25, 0.3) is 0 Å². The van der Waals surface area contributed by atoms with E-state index in [-0.39, 0.29) is 5.91 Å². The molecule has 1 atom stereocenters. The number of benzene rings is 1. The van der Waals surface area contributed by atoms with Gasteiger partial charge in [0.15, 0.2) is 0 Å². The Kier molecular flexibility index (Phi) is 1.47. The summed E-state index contributed by atoms with van der Waals surface area (Å²) in [6.45, 7) is 1.21. The van der Waals surface area contributed by atoms with Gasteiger partial charge in [0, 0.05) is 12.3 Å². The fourth-order valence-electron chi connectivity index (χ4n) is 2.33. The molecule has 3 nitrogen and oxygen atoms in total. The van der Waals surface area contributed by atoms with Gasteiger partial charge in [-0.05, 0) is 18.1 Å². The first-order chi connectivity index (χ1) is 6.83. The van der Waals surface area contributed by atoms with Gasteiger partial charge in [-0.25, -0.2) is 0 Å². The molecule has 0 aliphatic carbocycles. The zero-order valence-electron chi connectivity index (χ0n) is 7.75. The average Bonchev–Trinajstić information content (AvgIpc) is 2.77. The molecule has 2 aliphatic rings. The fraction of sp³-hybridized carbons (Fsp3) is 0.364. The van der Waals surface area contributed by atoms with Crippen LogP contribution in [0.4, 0.5) is 5.69 Å². The Bertz CT molecular complexity index is 394. The summed E-state index contributed by atoms with van der Waals surface area (Å²) >= 11 is 0. The van der Waals surface area contributed by atoms with Gasteiger partial charge in [-0.15, -0.1) is 0 Å². The van der Waals surface area contributed by atoms with E-state index in [2.05, 4.69) is 5.32 Å². The van der Waals surface area contributed by atoms with Gasteiger partial charge in [0.2, 0.25) is 5.91 Å². The van der Waals surface area contributed by atoms with Crippen molar-refractivity contribution < 1.29 is 9.53 Å². The number of nitrogens with one attached hydrogen (secondary N) is 1. The standard InChI is InChI=1S/C11H11NO2/c13-10-11(5-6-14-7-11)8-3-1-2-4-9(8)12-10/h1-4H,5-7H2,(H,12,13). The molecule has 1 saturated heterocycles. The predicted octanol–water partition coefficient (Wildman–Crippen LogP) is 1.30. The summed E-state index contributed by atoms with van der Waals surface area (Å²) in [6, 6.07) is 7.87. The first-order valence-corrected chi connectivity index (χ1v) is 4.82. The Balaban J connectivity index is 2.18. The molecule has 1 aromatic rings. The molecule has 72 valence electrons. The zero-order valence-corrected chi connectivity index (χ0v) is 7.75. The molecule has 14 heavy (non-hydrogen) atoms. The van der Waals surface area contributed by atoms with Crippen LogP contribution in [0.3, 0.4) is 0 Å². The number of carbonyl (C=O) groups is 1. The van der Waals surface area contributed by atoms with Crippen LogP contribution in [-0.2, 0) is 14.9 Å². The third-order valence-electron chi connectivity index (χ3n) is 3.15. The van der Waals surface area contributed by atoms with Crippen LogP contribution in [0.5, 0.6) is 0 Å². The fourth-order valence-corrected chi connectivity index (χ4v) is 2.33. The third-order valence-corrected chi connectivity index (χ3v) is 3.15. The SMILES string of the molecule is O=C1Nc2ccccc2C12CCOC2. The average molecular weight is 189 g/mol. The summed E-state index contributed by atoms with van der Waals surface area (Å²) in [5.74, 6) is 0.0937. The van der Waals surface area contributed by atoms with Gasteiger partial charge >= 0.3 is 0 Å². The van der Waals surface area contributed by atoms with E-state index >= 15 is 0 Å². The number of fused-ring (bicyclic) bond motifs is 2. The van der Waals surface area contributed by atoms with Gasteiger partial charge in [0.05, 0.1) is 6.61 Å². The maximum atomic E-state index is 11.9. The Morgan fingerprint density at radius 3 is 3.00 bits per heavy atom. The molecule has 2 heterocycles. The quantitative estimate of drug-likeness (QED) is 0.668. The Labute approximate surface area is 82.1 Å². The molecule has 0 aromatic heterocycles. The van der Waals surface area contributed by atoms with E-state index in [1.807, 2.05) is 24.3 Å². The highest BCUT2D eigenvalue weighted by Gasteiger charge is 2.49. The number of amides is 1. The summed E-state index contributed by atoms with van der Waals surface area (Å²) in [5.41, 5.74) is 1.65. The maximum Gasteiger partial charge on any atom is 0.237 e. The lowest BCUT2D eigenvalue weighted by Gasteiger charge is -2.18. The minimum absolute atomic E-state index is 0.0937. The minimum atomic E-state index is -0.392. The van der Waals surface area contributed by atoms with Gasteiger partial charge in [-0.3, -0.25) is 4.79 Å². The highest BCUT2D eigenvalue weighted by atomic mass is 16.5. The lowest BCUT2D eigenvalue weighted by atomic mass is 9.81. The lowest BCUT2D eigenvalue weighted by molar-refractivity contribution is -0.120. The van der Waals surface area contributed by atoms with E-state index < -0.39 is 5.41 Å². The summed E-state index contributed by atoms with van der Waals surface area (Å²) in [6.07, 6.45) is 0.801. The molecular weight excluding hydrogens is 178 g/mol. The van der Waals surface area contributed by atoms with Gasteiger partial charge < -0.3 is 10.1 Å². The molecule has 0 bridgehead atoms. The molecule has 0 saturated carbocycles. The second-order valence-corrected chi connectivity index (χ2v) is 3.88. The van der Waals surface area contributed by atoms with Crippen LogP contribution >= 0.6 is 0 Å². The van der Waals surface area contributed by atoms with Crippen LogP contribution in [0, 0.1) is 0 Å². The molecule has 1 N–H and O–H groups in total. The summed E-state index contributed by atoms with van der Waals surface area (Å²) in [5, 5.41) is 2.91. The van der Waals surface area contributed by atoms with Crippen molar-refractivity contribution in [1.82, 2.24) is 0 Å². The molecule has 1 aromatic carbocycles. The van der Waals surface area contributed by atoms with E-state index in [9.17, 15) is 4.79 Å². The van der Waals surface area contributed by atoms with Crippen LogP contribution in [0.15, 0.2) is 24.3 Å². The van der Waals surface area contributed by atoms with E-state index in [0.717, 1.165) is 17.7 Å². The van der Waals surface area contributed by atoms with Crippen molar-refractivity contribution in [2.75, 3.05) is 18.5 Å². The molecule has 3 rings (SSSR count). The number of hydrogen-bond acceptors (Lipinski definition) is 2. The van der Waals surface area contributed by atoms with Gasteiger partial charge in [-0.1, -0.05) is 18.2 Å². The number of anilines is 1. The highest BCUT2D eigenvalue weighted by Crippen LogP contribution is 2.42. The summed E-state index contributed by atoms with van der Waals surface area (Å²) in [7, 11) is 0. The van der Waals surface area contributed by atoms with E-state index in [4.69, 9.17) is 4.74 Å². The Morgan fingerprint density at radius 1 is 1.36 bits per heavy atom. The largest absolute Gasteiger partial charge is 0.380 e. The maximum absolute atomic E-state index is 11.9. The van der Waals surface area contributed by atoms with E-state index in [1.54, 1.807) is 0 Å². The monoisotopic (exact) mass is 189 g/mol. The topological polar surface area (TPSA) is 38.3 Å². The van der Waals surface area contributed by atoms with Crippen molar-refractivity contribution in [2.45, 2.75) is 11.8 Å². The number of rotatable bonds is 0. The first-order valence-electron chi connectivity index (χ1n) is 4.82. The second-order valence-electron chi connectivity index (χ2n) is 3.88. The molecule has 0 radical (unpaired) electrons.